The third kappa shape index (κ3) is 3.22. The van der Waals surface area contributed by atoms with Crippen molar-refractivity contribution in [3.8, 4) is 0 Å². The minimum atomic E-state index is -0.640. The van der Waals surface area contributed by atoms with E-state index >= 15 is 0 Å². The largest absolute Gasteiger partial charge is 0.466 e. The fourth-order valence-corrected chi connectivity index (χ4v) is 2.41. The van der Waals surface area contributed by atoms with Gasteiger partial charge < -0.3 is 15.2 Å². The predicted molar refractivity (Wildman–Crippen MR) is 75.9 cm³/mol. The van der Waals surface area contributed by atoms with Crippen LogP contribution in [-0.4, -0.2) is 35.1 Å². The van der Waals surface area contributed by atoms with Crippen LogP contribution in [0.3, 0.4) is 0 Å². The zero-order valence-corrected chi connectivity index (χ0v) is 11.9. The van der Waals surface area contributed by atoms with E-state index in [1.54, 1.807) is 6.92 Å². The Bertz CT molecular complexity index is 586. The van der Waals surface area contributed by atoms with Crippen LogP contribution in [0.5, 0.6) is 0 Å². The molecule has 0 heterocycles. The summed E-state index contributed by atoms with van der Waals surface area (Å²) in [7, 11) is 0. The number of hydrogen-bond acceptors (Lipinski definition) is 6. The molecule has 8 heteroatoms. The van der Waals surface area contributed by atoms with Gasteiger partial charge in [0.2, 0.25) is 5.91 Å². The van der Waals surface area contributed by atoms with Crippen LogP contribution in [0.2, 0.25) is 0 Å². The number of nitrogens with one attached hydrogen (secondary N) is 1. The number of rotatable bonds is 6. The van der Waals surface area contributed by atoms with E-state index in [1.165, 1.54) is 24.3 Å². The maximum Gasteiger partial charge on any atom is 0.310 e. The molecule has 3 atom stereocenters. The number of aliphatic hydroxyl groups excluding tert-OH is 1. The van der Waals surface area contributed by atoms with Gasteiger partial charge in [0.1, 0.15) is 0 Å². The molecule has 0 saturated heterocycles. The number of ether oxygens (including phenoxy) is 1. The summed E-state index contributed by atoms with van der Waals surface area (Å²) < 4.78 is 4.87. The van der Waals surface area contributed by atoms with Crippen molar-refractivity contribution in [3.05, 3.63) is 34.4 Å². The number of carbonyl (C=O) groups is 2. The van der Waals surface area contributed by atoms with Gasteiger partial charge in [-0.15, -0.1) is 0 Å². The minimum absolute atomic E-state index is 0.0814. The van der Waals surface area contributed by atoms with Crippen molar-refractivity contribution in [2.75, 3.05) is 18.5 Å². The van der Waals surface area contributed by atoms with E-state index in [-0.39, 0.29) is 18.9 Å². The third-order valence-corrected chi connectivity index (χ3v) is 3.59. The van der Waals surface area contributed by atoms with Crippen molar-refractivity contribution in [1.82, 2.24) is 0 Å². The normalized spacial score (nSPS) is 22.7. The van der Waals surface area contributed by atoms with Gasteiger partial charge in [0.15, 0.2) is 0 Å². The molecule has 8 nitrogen and oxygen atoms in total. The number of esters is 1. The molecule has 1 amide bonds. The number of nitro benzene ring substituents is 1. The number of anilines is 1. The van der Waals surface area contributed by atoms with Crippen LogP contribution < -0.4 is 5.32 Å². The number of hydrogen-bond donors (Lipinski definition) is 2. The summed E-state index contributed by atoms with van der Waals surface area (Å²) in [6.45, 7) is 1.60. The highest BCUT2D eigenvalue weighted by Gasteiger charge is 2.59. The Balaban J connectivity index is 2.00. The molecule has 2 N–H and O–H groups in total. The molecule has 0 bridgehead atoms. The quantitative estimate of drug-likeness (QED) is 0.459. The maximum atomic E-state index is 12.1. The van der Waals surface area contributed by atoms with E-state index in [2.05, 4.69) is 5.32 Å². The summed E-state index contributed by atoms with van der Waals surface area (Å²) in [6, 6.07) is 5.36. The van der Waals surface area contributed by atoms with Gasteiger partial charge >= 0.3 is 5.97 Å². The van der Waals surface area contributed by atoms with Crippen LogP contribution in [0.25, 0.3) is 0 Å². The highest BCUT2D eigenvalue weighted by atomic mass is 16.6. The van der Waals surface area contributed by atoms with E-state index in [0.29, 0.717) is 5.69 Å². The van der Waals surface area contributed by atoms with E-state index in [0.717, 1.165) is 0 Å². The SMILES string of the molecule is CCOC(=O)[C@H]1[C@H](CO)[C@@H]1C(=O)Nc1ccc([N+](=O)[O-])cc1. The topological polar surface area (TPSA) is 119 Å². The zero-order valence-electron chi connectivity index (χ0n) is 11.9. The second-order valence-electron chi connectivity index (χ2n) is 4.94. The molecule has 22 heavy (non-hydrogen) atoms. The van der Waals surface area contributed by atoms with Gasteiger partial charge in [0.05, 0.1) is 23.4 Å². The van der Waals surface area contributed by atoms with E-state index in [4.69, 9.17) is 4.74 Å². The van der Waals surface area contributed by atoms with E-state index in [9.17, 15) is 24.8 Å². The van der Waals surface area contributed by atoms with Crippen molar-refractivity contribution in [2.45, 2.75) is 6.92 Å². The van der Waals surface area contributed by atoms with Gasteiger partial charge in [-0.2, -0.15) is 0 Å². The van der Waals surface area contributed by atoms with Crippen LogP contribution in [-0.2, 0) is 14.3 Å². The summed E-state index contributed by atoms with van der Waals surface area (Å²) in [6.07, 6.45) is 0. The Kier molecular flexibility index (Phi) is 4.71. The van der Waals surface area contributed by atoms with Crippen molar-refractivity contribution < 1.29 is 24.4 Å². The fraction of sp³-hybridized carbons (Fsp3) is 0.429. The molecule has 2 rings (SSSR count). The van der Waals surface area contributed by atoms with Gasteiger partial charge in [-0.3, -0.25) is 19.7 Å². The van der Waals surface area contributed by atoms with Crippen LogP contribution in [0.1, 0.15) is 6.92 Å². The molecule has 1 aromatic rings. The number of non-ortho nitro benzene ring substituents is 1. The lowest BCUT2D eigenvalue weighted by Gasteiger charge is -2.04. The van der Waals surface area contributed by atoms with Crippen LogP contribution >= 0.6 is 0 Å². The first-order valence-corrected chi connectivity index (χ1v) is 6.82. The molecule has 0 aromatic heterocycles. The van der Waals surface area contributed by atoms with Gasteiger partial charge in [0.25, 0.3) is 5.69 Å². The third-order valence-electron chi connectivity index (χ3n) is 3.59. The first-order chi connectivity index (χ1) is 10.5. The van der Waals surface area contributed by atoms with Gasteiger partial charge in [-0.25, -0.2) is 0 Å². The fourth-order valence-electron chi connectivity index (χ4n) is 2.41. The highest BCUT2D eigenvalue weighted by Crippen LogP contribution is 2.47. The first kappa shape index (κ1) is 15.9. The van der Waals surface area contributed by atoms with Crippen molar-refractivity contribution in [2.24, 2.45) is 17.8 Å². The Morgan fingerprint density at radius 3 is 2.45 bits per heavy atom. The average Bonchev–Trinajstić information content (AvgIpc) is 3.22. The lowest BCUT2D eigenvalue weighted by atomic mass is 10.2. The molecule has 1 fully saturated rings. The van der Waals surface area contributed by atoms with Gasteiger partial charge in [-0.05, 0) is 19.1 Å². The molecule has 1 aromatic carbocycles. The van der Waals surface area contributed by atoms with Crippen LogP contribution in [0.15, 0.2) is 24.3 Å². The molecule has 0 aliphatic heterocycles. The number of nitro groups is 1. The highest BCUT2D eigenvalue weighted by molar-refractivity contribution is 5.99. The van der Waals surface area contributed by atoms with Crippen LogP contribution in [0.4, 0.5) is 11.4 Å². The monoisotopic (exact) mass is 308 g/mol. The number of nitrogens with zero attached hydrogens (tertiary/aromatic N) is 1. The Hall–Kier alpha value is -2.48. The Labute approximate surface area is 126 Å². The first-order valence-electron chi connectivity index (χ1n) is 6.82. The molecule has 1 aliphatic carbocycles. The summed E-state index contributed by atoms with van der Waals surface area (Å²) in [5, 5.41) is 22.3. The molecule has 1 saturated carbocycles. The molecule has 1 aliphatic rings. The van der Waals surface area contributed by atoms with Gasteiger partial charge in [0, 0.05) is 30.3 Å². The number of benzene rings is 1. The number of aliphatic hydroxyl groups is 1. The standard InChI is InChI=1S/C14H16N2O6/c1-2-22-14(19)12-10(7-17)11(12)13(18)15-8-3-5-9(6-4-8)16(20)21/h3-6,10-12,17H,2,7H2,1H3,(H,15,18)/t10-,11+,12+/m1/s1. The summed E-state index contributed by atoms with van der Waals surface area (Å²) in [4.78, 5) is 33.8. The van der Waals surface area contributed by atoms with Crippen molar-refractivity contribution in [3.63, 3.8) is 0 Å². The number of amides is 1. The lowest BCUT2D eigenvalue weighted by molar-refractivity contribution is -0.384. The van der Waals surface area contributed by atoms with Crippen LogP contribution in [0, 0.1) is 27.9 Å². The number of carbonyl (C=O) groups excluding carboxylic acids is 2. The zero-order chi connectivity index (χ0) is 16.3. The maximum absolute atomic E-state index is 12.1. The molecule has 0 spiro atoms. The van der Waals surface area contributed by atoms with E-state index in [1.807, 2.05) is 0 Å². The molecule has 118 valence electrons. The van der Waals surface area contributed by atoms with Crippen molar-refractivity contribution in [1.29, 1.82) is 0 Å². The summed E-state index contributed by atoms with van der Waals surface area (Å²) in [5.41, 5.74) is 0.309. The van der Waals surface area contributed by atoms with Gasteiger partial charge in [-0.1, -0.05) is 0 Å². The van der Waals surface area contributed by atoms with Crippen molar-refractivity contribution >= 4 is 23.3 Å². The predicted octanol–water partition coefficient (Wildman–Crippen LogP) is 0.951. The minimum Gasteiger partial charge on any atom is -0.466 e. The molecular weight excluding hydrogens is 292 g/mol. The summed E-state index contributed by atoms with van der Waals surface area (Å²) in [5.74, 6) is -2.63. The average molecular weight is 308 g/mol. The second-order valence-corrected chi connectivity index (χ2v) is 4.94. The molecular formula is C14H16N2O6. The Morgan fingerprint density at radius 1 is 1.32 bits per heavy atom. The Morgan fingerprint density at radius 2 is 1.95 bits per heavy atom. The lowest BCUT2D eigenvalue weighted by Crippen LogP contribution is -2.18. The summed E-state index contributed by atoms with van der Waals surface area (Å²) >= 11 is 0. The second kappa shape index (κ2) is 6.52. The molecule has 0 radical (unpaired) electrons. The molecule has 0 unspecified atom stereocenters. The van der Waals surface area contributed by atoms with E-state index < -0.39 is 34.6 Å². The smallest absolute Gasteiger partial charge is 0.310 e.